The molecular weight excluding hydrogens is 234 g/mol. The van der Waals surface area contributed by atoms with Crippen molar-refractivity contribution in [3.05, 3.63) is 35.6 Å². The molecule has 92 valence electrons. The van der Waals surface area contributed by atoms with E-state index in [2.05, 4.69) is 13.8 Å². The number of carbonyl (C=O) groups excluding carboxylic acids is 1. The Hall–Kier alpha value is -1.42. The average molecular weight is 251 g/mol. The van der Waals surface area contributed by atoms with Crippen molar-refractivity contribution >= 4 is 23.7 Å². The molecule has 1 rings (SSSR count). The van der Waals surface area contributed by atoms with E-state index in [1.54, 1.807) is 31.1 Å². The molecule has 0 aromatic rings. The van der Waals surface area contributed by atoms with Crippen LogP contribution in [0.1, 0.15) is 13.8 Å². The molecule has 0 unspecified atom stereocenters. The number of aldehydes is 1. The van der Waals surface area contributed by atoms with E-state index in [1.807, 2.05) is 12.2 Å². The van der Waals surface area contributed by atoms with Crippen molar-refractivity contribution in [2.75, 3.05) is 14.1 Å². The van der Waals surface area contributed by atoms with Gasteiger partial charge in [0, 0.05) is 19.5 Å². The summed E-state index contributed by atoms with van der Waals surface area (Å²) in [6, 6.07) is 0. The highest BCUT2D eigenvalue weighted by molar-refractivity contribution is 7.80. The molecule has 0 radical (unpaired) electrons. The number of ether oxygens (including phenoxy) is 1. The molecule has 3 nitrogen and oxygen atoms in total. The van der Waals surface area contributed by atoms with E-state index >= 15 is 0 Å². The molecule has 0 heterocycles. The molecule has 1 aliphatic carbocycles. The molecule has 0 N–H and O–H groups in total. The molecule has 17 heavy (non-hydrogen) atoms. The first-order valence-electron chi connectivity index (χ1n) is 5.33. The van der Waals surface area contributed by atoms with Crippen LogP contribution in [0.15, 0.2) is 35.6 Å². The van der Waals surface area contributed by atoms with Gasteiger partial charge in [-0.2, -0.15) is 0 Å². The normalized spacial score (nSPS) is 17.6. The van der Waals surface area contributed by atoms with Crippen molar-refractivity contribution in [2.24, 2.45) is 5.41 Å². The molecule has 1 aliphatic rings. The van der Waals surface area contributed by atoms with Gasteiger partial charge in [0.25, 0.3) is 5.17 Å². The summed E-state index contributed by atoms with van der Waals surface area (Å²) in [4.78, 5) is 12.7. The molecule has 0 saturated carbocycles. The topological polar surface area (TPSA) is 29.5 Å². The van der Waals surface area contributed by atoms with E-state index in [9.17, 15) is 4.79 Å². The van der Waals surface area contributed by atoms with E-state index in [4.69, 9.17) is 17.0 Å². The zero-order valence-electron chi connectivity index (χ0n) is 10.6. The molecule has 0 spiro atoms. The minimum absolute atomic E-state index is 0.0981. The fourth-order valence-corrected chi connectivity index (χ4v) is 1.29. The van der Waals surface area contributed by atoms with Crippen LogP contribution in [0.25, 0.3) is 0 Å². The van der Waals surface area contributed by atoms with Crippen LogP contribution in [0, 0.1) is 5.41 Å². The van der Waals surface area contributed by atoms with Gasteiger partial charge in [0.15, 0.2) is 6.29 Å². The maximum atomic E-state index is 11.0. The van der Waals surface area contributed by atoms with Gasteiger partial charge in [-0.3, -0.25) is 4.79 Å². The van der Waals surface area contributed by atoms with E-state index in [0.717, 1.165) is 6.29 Å². The summed E-state index contributed by atoms with van der Waals surface area (Å²) in [6.45, 7) is 4.10. The van der Waals surface area contributed by atoms with Crippen LogP contribution in [0.4, 0.5) is 0 Å². The van der Waals surface area contributed by atoms with Crippen molar-refractivity contribution in [2.45, 2.75) is 13.8 Å². The number of allylic oxidation sites excluding steroid dienone is 5. The standard InChI is InChI=1S/C13H17NO2S/c1-13(2)7-5-10(9-15)11(6-8-13)16-12(17)14(3)4/h5-9H,1-4H3. The lowest BCUT2D eigenvalue weighted by Gasteiger charge is -2.15. The van der Waals surface area contributed by atoms with Crippen LogP contribution >= 0.6 is 12.2 Å². The lowest BCUT2D eigenvalue weighted by molar-refractivity contribution is -0.104. The molecule has 4 heteroatoms. The third-order valence-electron chi connectivity index (χ3n) is 2.33. The van der Waals surface area contributed by atoms with E-state index in [0.29, 0.717) is 16.5 Å². The monoisotopic (exact) mass is 251 g/mol. The Morgan fingerprint density at radius 2 is 1.94 bits per heavy atom. The van der Waals surface area contributed by atoms with E-state index < -0.39 is 0 Å². The second kappa shape index (κ2) is 5.27. The molecule has 0 aromatic carbocycles. The summed E-state index contributed by atoms with van der Waals surface area (Å²) in [5.41, 5.74) is 0.398. The number of hydrogen-bond acceptors (Lipinski definition) is 3. The van der Waals surface area contributed by atoms with Gasteiger partial charge in [0.05, 0.1) is 5.57 Å². The maximum Gasteiger partial charge on any atom is 0.264 e. The highest BCUT2D eigenvalue weighted by Crippen LogP contribution is 2.25. The van der Waals surface area contributed by atoms with Gasteiger partial charge in [-0.15, -0.1) is 0 Å². The van der Waals surface area contributed by atoms with Crippen molar-refractivity contribution in [1.82, 2.24) is 4.90 Å². The Balaban J connectivity index is 3.02. The number of rotatable bonds is 2. The van der Waals surface area contributed by atoms with Gasteiger partial charge in [-0.05, 0) is 18.3 Å². The Bertz CT molecular complexity index is 417. The highest BCUT2D eigenvalue weighted by atomic mass is 32.1. The van der Waals surface area contributed by atoms with Crippen LogP contribution in [0.2, 0.25) is 0 Å². The van der Waals surface area contributed by atoms with Gasteiger partial charge >= 0.3 is 0 Å². The fourth-order valence-electron chi connectivity index (χ4n) is 1.20. The second-order valence-corrected chi connectivity index (χ2v) is 5.04. The quantitative estimate of drug-likeness (QED) is 0.557. The molecule has 0 amide bonds. The summed E-state index contributed by atoms with van der Waals surface area (Å²) < 4.78 is 5.50. The molecule has 0 aromatic heterocycles. The van der Waals surface area contributed by atoms with Crippen molar-refractivity contribution in [3.63, 3.8) is 0 Å². The van der Waals surface area contributed by atoms with Gasteiger partial charge in [0.1, 0.15) is 5.76 Å². The van der Waals surface area contributed by atoms with Gasteiger partial charge in [0.2, 0.25) is 0 Å². The van der Waals surface area contributed by atoms with Crippen LogP contribution in [0.5, 0.6) is 0 Å². The third-order valence-corrected chi connectivity index (χ3v) is 2.78. The highest BCUT2D eigenvalue weighted by Gasteiger charge is 2.16. The fraction of sp³-hybridized carbons (Fsp3) is 0.385. The number of hydrogen-bond donors (Lipinski definition) is 0. The predicted molar refractivity (Wildman–Crippen MR) is 72.5 cm³/mol. The molecule has 0 aliphatic heterocycles. The van der Waals surface area contributed by atoms with Crippen molar-refractivity contribution in [3.8, 4) is 0 Å². The van der Waals surface area contributed by atoms with Gasteiger partial charge < -0.3 is 9.64 Å². The van der Waals surface area contributed by atoms with E-state index in [-0.39, 0.29) is 5.41 Å². The maximum absolute atomic E-state index is 11.0. The summed E-state index contributed by atoms with van der Waals surface area (Å²) >= 11 is 5.06. The Labute approximate surface area is 107 Å². The zero-order valence-corrected chi connectivity index (χ0v) is 11.4. The summed E-state index contributed by atoms with van der Waals surface area (Å²) in [5, 5.41) is 0.331. The van der Waals surface area contributed by atoms with Crippen LogP contribution in [0.3, 0.4) is 0 Å². The smallest absolute Gasteiger partial charge is 0.264 e. The predicted octanol–water partition coefficient (Wildman–Crippen LogP) is 2.45. The van der Waals surface area contributed by atoms with E-state index in [1.165, 1.54) is 0 Å². The zero-order chi connectivity index (χ0) is 13.1. The van der Waals surface area contributed by atoms with Crippen molar-refractivity contribution in [1.29, 1.82) is 0 Å². The summed E-state index contributed by atoms with van der Waals surface area (Å²) in [7, 11) is 3.59. The Kier molecular flexibility index (Phi) is 4.23. The van der Waals surface area contributed by atoms with Crippen LogP contribution < -0.4 is 0 Å². The Morgan fingerprint density at radius 3 is 2.47 bits per heavy atom. The first-order valence-corrected chi connectivity index (χ1v) is 5.73. The summed E-state index contributed by atoms with van der Waals surface area (Å²) in [5.74, 6) is 0.487. The molecule has 0 bridgehead atoms. The Morgan fingerprint density at radius 1 is 1.35 bits per heavy atom. The van der Waals surface area contributed by atoms with Gasteiger partial charge in [-0.1, -0.05) is 32.1 Å². The third kappa shape index (κ3) is 3.82. The first kappa shape index (κ1) is 13.6. The number of thiocarbonyl (C=S) groups is 1. The lowest BCUT2D eigenvalue weighted by Crippen LogP contribution is -2.22. The summed E-state index contributed by atoms with van der Waals surface area (Å²) in [6.07, 6.45) is 8.27. The van der Waals surface area contributed by atoms with Gasteiger partial charge in [-0.25, -0.2) is 0 Å². The SMILES string of the molecule is CN(C)C(=S)OC1=C(C=O)C=CC(C)(C)C=C1. The van der Waals surface area contributed by atoms with Crippen molar-refractivity contribution < 1.29 is 9.53 Å². The number of carbonyl (C=O) groups is 1. The first-order chi connectivity index (χ1) is 7.85. The molecule has 0 fully saturated rings. The second-order valence-electron chi connectivity index (χ2n) is 4.69. The molecular formula is C13H17NO2S. The molecule has 0 saturated heterocycles. The van der Waals surface area contributed by atoms with Crippen LogP contribution in [-0.4, -0.2) is 30.5 Å². The minimum Gasteiger partial charge on any atom is -0.431 e. The average Bonchev–Trinajstić information content (AvgIpc) is 2.38. The van der Waals surface area contributed by atoms with Crippen LogP contribution in [-0.2, 0) is 9.53 Å². The largest absolute Gasteiger partial charge is 0.431 e. The lowest BCUT2D eigenvalue weighted by atomic mass is 9.93. The minimum atomic E-state index is -0.0981. The number of nitrogens with zero attached hydrogens (tertiary/aromatic N) is 1. The molecule has 0 atom stereocenters.